The molecule has 1 aliphatic carbocycles. The Bertz CT molecular complexity index is 555. The number of nitrogens with zero attached hydrogens (tertiary/aromatic N) is 3. The largest absolute Gasteiger partial charge is 0.381 e. The standard InChI is InChI=1S/C17H23N3O3/c21-16(15-9-18-5-6-19-15)20-11-17(12-20)14(4-8-23-17)3-7-22-10-13-1-2-13/h5-6,9,13-14H,1-4,7-8,10-12H2/t14-/m0/s1. The first-order chi connectivity index (χ1) is 11.3. The summed E-state index contributed by atoms with van der Waals surface area (Å²) in [5.41, 5.74) is 0.255. The Morgan fingerprint density at radius 2 is 2.22 bits per heavy atom. The van der Waals surface area contributed by atoms with Crippen LogP contribution in [0.2, 0.25) is 0 Å². The van der Waals surface area contributed by atoms with Crippen LogP contribution < -0.4 is 0 Å². The molecule has 2 saturated heterocycles. The zero-order chi connectivity index (χ0) is 15.7. The molecule has 6 nitrogen and oxygen atoms in total. The van der Waals surface area contributed by atoms with E-state index in [0.717, 1.165) is 38.6 Å². The number of likely N-dealkylation sites (tertiary alicyclic amines) is 1. The minimum absolute atomic E-state index is 0.0528. The van der Waals surface area contributed by atoms with E-state index in [0.29, 0.717) is 24.7 Å². The molecule has 3 aliphatic rings. The number of aromatic nitrogens is 2. The van der Waals surface area contributed by atoms with E-state index in [2.05, 4.69) is 9.97 Å². The Kier molecular flexibility index (Phi) is 4.03. The van der Waals surface area contributed by atoms with Crippen LogP contribution in [0.1, 0.15) is 36.2 Å². The second-order valence-corrected chi connectivity index (χ2v) is 6.96. The lowest BCUT2D eigenvalue weighted by atomic mass is 9.79. The molecular weight excluding hydrogens is 294 g/mol. The predicted molar refractivity (Wildman–Crippen MR) is 82.9 cm³/mol. The second kappa shape index (κ2) is 6.17. The molecule has 0 unspecified atom stereocenters. The van der Waals surface area contributed by atoms with Crippen LogP contribution >= 0.6 is 0 Å². The number of ether oxygens (including phenoxy) is 2. The Morgan fingerprint density at radius 1 is 1.35 bits per heavy atom. The molecule has 23 heavy (non-hydrogen) atoms. The van der Waals surface area contributed by atoms with E-state index in [1.807, 2.05) is 4.90 Å². The van der Waals surface area contributed by atoms with Gasteiger partial charge in [0.05, 0.1) is 19.3 Å². The van der Waals surface area contributed by atoms with Gasteiger partial charge in [-0.15, -0.1) is 0 Å². The highest BCUT2D eigenvalue weighted by Crippen LogP contribution is 2.42. The molecule has 3 heterocycles. The lowest BCUT2D eigenvalue weighted by molar-refractivity contribution is -0.120. The van der Waals surface area contributed by atoms with Crippen molar-refractivity contribution in [2.24, 2.45) is 11.8 Å². The van der Waals surface area contributed by atoms with Crippen LogP contribution in [0, 0.1) is 11.8 Å². The fourth-order valence-electron chi connectivity index (χ4n) is 3.62. The van der Waals surface area contributed by atoms with Crippen LogP contribution in [0.25, 0.3) is 0 Å². The normalized spacial score (nSPS) is 25.6. The van der Waals surface area contributed by atoms with E-state index in [1.165, 1.54) is 19.0 Å². The average Bonchev–Trinajstić information content (AvgIpc) is 3.28. The summed E-state index contributed by atoms with van der Waals surface area (Å²) in [6.07, 6.45) is 9.40. The molecule has 1 saturated carbocycles. The van der Waals surface area contributed by atoms with Gasteiger partial charge in [-0.25, -0.2) is 4.98 Å². The smallest absolute Gasteiger partial charge is 0.274 e. The molecule has 0 N–H and O–H groups in total. The van der Waals surface area contributed by atoms with Gasteiger partial charge in [0.1, 0.15) is 11.3 Å². The SMILES string of the molecule is O=C(c1cnccn1)N1CC2(C1)OCC[C@@H]2CCOCC1CC1. The van der Waals surface area contributed by atoms with Crippen LogP contribution in [0.4, 0.5) is 0 Å². The van der Waals surface area contributed by atoms with Crippen molar-refractivity contribution in [1.82, 2.24) is 14.9 Å². The van der Waals surface area contributed by atoms with Crippen LogP contribution in [0.3, 0.4) is 0 Å². The van der Waals surface area contributed by atoms with Crippen molar-refractivity contribution in [2.45, 2.75) is 31.3 Å². The van der Waals surface area contributed by atoms with Crippen molar-refractivity contribution in [1.29, 1.82) is 0 Å². The maximum Gasteiger partial charge on any atom is 0.274 e. The summed E-state index contributed by atoms with van der Waals surface area (Å²) < 4.78 is 11.8. The molecule has 1 aromatic rings. The molecule has 6 heteroatoms. The van der Waals surface area contributed by atoms with E-state index in [9.17, 15) is 4.79 Å². The Morgan fingerprint density at radius 3 is 2.96 bits per heavy atom. The minimum atomic E-state index is -0.152. The summed E-state index contributed by atoms with van der Waals surface area (Å²) in [5.74, 6) is 1.25. The number of rotatable bonds is 6. The fraction of sp³-hybridized carbons (Fsp3) is 0.706. The zero-order valence-corrected chi connectivity index (χ0v) is 13.3. The van der Waals surface area contributed by atoms with Gasteiger partial charge in [-0.1, -0.05) is 0 Å². The molecule has 124 valence electrons. The summed E-state index contributed by atoms with van der Waals surface area (Å²) in [7, 11) is 0. The van der Waals surface area contributed by atoms with Crippen molar-refractivity contribution >= 4 is 5.91 Å². The third-order valence-electron chi connectivity index (χ3n) is 5.25. The summed E-state index contributed by atoms with van der Waals surface area (Å²) in [6, 6.07) is 0. The van der Waals surface area contributed by atoms with Gasteiger partial charge >= 0.3 is 0 Å². The molecule has 1 spiro atoms. The van der Waals surface area contributed by atoms with Gasteiger partial charge in [-0.05, 0) is 37.5 Å². The summed E-state index contributed by atoms with van der Waals surface area (Å²) >= 11 is 0. The van der Waals surface area contributed by atoms with Crippen LogP contribution in [0.15, 0.2) is 18.6 Å². The van der Waals surface area contributed by atoms with Gasteiger partial charge in [-0.2, -0.15) is 0 Å². The first kappa shape index (κ1) is 15.0. The molecule has 0 aromatic carbocycles. The molecule has 0 bridgehead atoms. The van der Waals surface area contributed by atoms with Crippen LogP contribution in [0.5, 0.6) is 0 Å². The first-order valence-electron chi connectivity index (χ1n) is 8.54. The van der Waals surface area contributed by atoms with Crippen LogP contribution in [-0.4, -0.2) is 59.3 Å². The average molecular weight is 317 g/mol. The zero-order valence-electron chi connectivity index (χ0n) is 13.3. The summed E-state index contributed by atoms with van der Waals surface area (Å²) in [4.78, 5) is 22.2. The van der Waals surface area contributed by atoms with Crippen molar-refractivity contribution in [3.05, 3.63) is 24.3 Å². The number of amides is 1. The lowest BCUT2D eigenvalue weighted by Gasteiger charge is -2.50. The molecule has 1 aromatic heterocycles. The van der Waals surface area contributed by atoms with E-state index in [-0.39, 0.29) is 11.5 Å². The maximum absolute atomic E-state index is 12.4. The maximum atomic E-state index is 12.4. The number of hydrogen-bond acceptors (Lipinski definition) is 5. The summed E-state index contributed by atoms with van der Waals surface area (Å²) in [6.45, 7) is 3.84. The van der Waals surface area contributed by atoms with Gasteiger partial charge in [-0.3, -0.25) is 9.78 Å². The molecule has 3 fully saturated rings. The molecule has 1 atom stereocenters. The van der Waals surface area contributed by atoms with Crippen molar-refractivity contribution < 1.29 is 14.3 Å². The van der Waals surface area contributed by atoms with Crippen molar-refractivity contribution in [2.75, 3.05) is 32.9 Å². The minimum Gasteiger partial charge on any atom is -0.381 e. The molecule has 1 amide bonds. The predicted octanol–water partition coefficient (Wildman–Crippen LogP) is 1.52. The Balaban J connectivity index is 1.28. The van der Waals surface area contributed by atoms with Crippen molar-refractivity contribution in [3.8, 4) is 0 Å². The molecule has 4 rings (SSSR count). The first-order valence-corrected chi connectivity index (χ1v) is 8.54. The van der Waals surface area contributed by atoms with E-state index >= 15 is 0 Å². The Hall–Kier alpha value is -1.53. The molecule has 0 radical (unpaired) electrons. The van der Waals surface area contributed by atoms with E-state index < -0.39 is 0 Å². The summed E-state index contributed by atoms with van der Waals surface area (Å²) in [5, 5.41) is 0. The molecule has 2 aliphatic heterocycles. The fourth-order valence-corrected chi connectivity index (χ4v) is 3.62. The molecular formula is C17H23N3O3. The monoisotopic (exact) mass is 317 g/mol. The van der Waals surface area contributed by atoms with Gasteiger partial charge in [0.25, 0.3) is 5.91 Å². The quantitative estimate of drug-likeness (QED) is 0.744. The van der Waals surface area contributed by atoms with E-state index in [1.54, 1.807) is 12.4 Å². The van der Waals surface area contributed by atoms with E-state index in [4.69, 9.17) is 9.47 Å². The number of carbonyl (C=O) groups excluding carboxylic acids is 1. The van der Waals surface area contributed by atoms with Gasteiger partial charge in [0.2, 0.25) is 0 Å². The highest BCUT2D eigenvalue weighted by Gasteiger charge is 2.54. The van der Waals surface area contributed by atoms with Crippen LogP contribution in [-0.2, 0) is 9.47 Å². The highest BCUT2D eigenvalue weighted by atomic mass is 16.5. The second-order valence-electron chi connectivity index (χ2n) is 6.96. The highest BCUT2D eigenvalue weighted by molar-refractivity contribution is 5.92. The van der Waals surface area contributed by atoms with Gasteiger partial charge in [0, 0.05) is 32.2 Å². The van der Waals surface area contributed by atoms with Gasteiger partial charge < -0.3 is 14.4 Å². The van der Waals surface area contributed by atoms with Crippen molar-refractivity contribution in [3.63, 3.8) is 0 Å². The topological polar surface area (TPSA) is 64.6 Å². The third-order valence-corrected chi connectivity index (χ3v) is 5.25. The lowest BCUT2D eigenvalue weighted by Crippen LogP contribution is -2.66. The Labute approximate surface area is 136 Å². The number of carbonyl (C=O) groups is 1. The van der Waals surface area contributed by atoms with Gasteiger partial charge in [0.15, 0.2) is 0 Å². The third kappa shape index (κ3) is 3.10. The number of hydrogen-bond donors (Lipinski definition) is 0.